The van der Waals surface area contributed by atoms with Gasteiger partial charge in [0, 0.05) is 13.0 Å². The summed E-state index contributed by atoms with van der Waals surface area (Å²) in [6, 6.07) is 20.2. The number of carbonyl (C=O) groups excluding carboxylic acids is 1. The Balaban J connectivity index is 1.40. The summed E-state index contributed by atoms with van der Waals surface area (Å²) in [4.78, 5) is 17.7. The fourth-order valence-corrected chi connectivity index (χ4v) is 4.48. The number of ether oxygens (including phenoxy) is 1. The topological polar surface area (TPSA) is 56.1 Å². The van der Waals surface area contributed by atoms with Crippen LogP contribution in [0.1, 0.15) is 47.2 Å². The van der Waals surface area contributed by atoms with Gasteiger partial charge in [-0.25, -0.2) is 4.98 Å². The number of nitrogens with zero attached hydrogens (tertiary/aromatic N) is 2. The predicted molar refractivity (Wildman–Crippen MR) is 131 cm³/mol. The van der Waals surface area contributed by atoms with Crippen molar-refractivity contribution in [2.75, 3.05) is 13.2 Å². The highest BCUT2D eigenvalue weighted by Gasteiger charge is 2.12. The van der Waals surface area contributed by atoms with Crippen LogP contribution in [0.25, 0.3) is 11.0 Å². The Morgan fingerprint density at radius 3 is 2.72 bits per heavy atom. The van der Waals surface area contributed by atoms with E-state index >= 15 is 0 Å². The predicted octanol–water partition coefficient (Wildman–Crippen LogP) is 5.66. The summed E-state index contributed by atoms with van der Waals surface area (Å²) in [5, 5.41) is 4.92. The molecule has 0 aliphatic carbocycles. The molecule has 0 saturated heterocycles. The van der Waals surface area contributed by atoms with Crippen molar-refractivity contribution in [1.82, 2.24) is 14.9 Å². The number of hydrogen-bond donors (Lipinski definition) is 1. The highest BCUT2D eigenvalue weighted by molar-refractivity contribution is 7.12. The molecule has 6 heteroatoms. The fraction of sp³-hybridized carbons (Fsp3) is 0.308. The van der Waals surface area contributed by atoms with Gasteiger partial charge in [0.05, 0.1) is 22.5 Å². The second-order valence-corrected chi connectivity index (χ2v) is 8.99. The Hall–Kier alpha value is -3.12. The van der Waals surface area contributed by atoms with Crippen LogP contribution in [0.2, 0.25) is 0 Å². The lowest BCUT2D eigenvalue weighted by molar-refractivity contribution is 0.0957. The van der Waals surface area contributed by atoms with Crippen LogP contribution in [0.5, 0.6) is 5.75 Å². The number of nitrogens with one attached hydrogen (secondary N) is 1. The number of para-hydroxylation sites is 3. The third kappa shape index (κ3) is 5.19. The van der Waals surface area contributed by atoms with Crippen molar-refractivity contribution in [3.63, 3.8) is 0 Å². The highest BCUT2D eigenvalue weighted by atomic mass is 32.1. The van der Waals surface area contributed by atoms with Crippen molar-refractivity contribution in [3.05, 3.63) is 82.3 Å². The van der Waals surface area contributed by atoms with Gasteiger partial charge in [0.1, 0.15) is 18.2 Å². The van der Waals surface area contributed by atoms with Crippen molar-refractivity contribution in [2.45, 2.75) is 39.2 Å². The van der Waals surface area contributed by atoms with E-state index in [9.17, 15) is 4.79 Å². The van der Waals surface area contributed by atoms with E-state index in [2.05, 4.69) is 41.9 Å². The molecule has 2 aromatic carbocycles. The van der Waals surface area contributed by atoms with E-state index in [0.717, 1.165) is 46.9 Å². The first-order valence-electron chi connectivity index (χ1n) is 11.1. The summed E-state index contributed by atoms with van der Waals surface area (Å²) in [7, 11) is 0. The van der Waals surface area contributed by atoms with Crippen molar-refractivity contribution >= 4 is 28.3 Å². The molecular weight excluding hydrogens is 418 g/mol. The number of thiophene rings is 1. The molecule has 0 spiro atoms. The van der Waals surface area contributed by atoms with Gasteiger partial charge in [-0.2, -0.15) is 0 Å². The first-order valence-corrected chi connectivity index (χ1v) is 12.0. The maximum atomic E-state index is 12.1. The monoisotopic (exact) mass is 447 g/mol. The molecule has 0 aliphatic heterocycles. The molecule has 0 unspecified atom stereocenters. The third-order valence-corrected chi connectivity index (χ3v) is 6.32. The average molecular weight is 448 g/mol. The van der Waals surface area contributed by atoms with Crippen molar-refractivity contribution in [3.8, 4) is 5.75 Å². The number of aryl methyl sites for hydroxylation is 1. The standard InChI is InChI=1S/C26H29N3O2S/c1-19(2)20-9-3-6-12-23(20)31-17-16-29-22-11-5-4-10-21(22)28-25(29)14-7-15-27-26(30)24-13-8-18-32-24/h3-6,8-13,18-19H,7,14-17H2,1-2H3,(H,27,30). The van der Waals surface area contributed by atoms with Crippen LogP contribution in [0.3, 0.4) is 0 Å². The van der Waals surface area contributed by atoms with Gasteiger partial charge in [-0.15, -0.1) is 11.3 Å². The smallest absolute Gasteiger partial charge is 0.261 e. The van der Waals surface area contributed by atoms with Crippen LogP contribution >= 0.6 is 11.3 Å². The van der Waals surface area contributed by atoms with Crippen molar-refractivity contribution < 1.29 is 9.53 Å². The molecule has 32 heavy (non-hydrogen) atoms. The zero-order chi connectivity index (χ0) is 22.3. The molecule has 5 nitrogen and oxygen atoms in total. The second kappa shape index (κ2) is 10.5. The summed E-state index contributed by atoms with van der Waals surface area (Å²) in [5.74, 6) is 2.38. The van der Waals surface area contributed by atoms with E-state index in [1.54, 1.807) is 0 Å². The summed E-state index contributed by atoms with van der Waals surface area (Å²) in [6.45, 7) is 6.29. The maximum Gasteiger partial charge on any atom is 0.261 e. The van der Waals surface area contributed by atoms with Crippen LogP contribution in [0.4, 0.5) is 0 Å². The zero-order valence-corrected chi connectivity index (χ0v) is 19.4. The molecular formula is C26H29N3O2S. The second-order valence-electron chi connectivity index (χ2n) is 8.05. The SMILES string of the molecule is CC(C)c1ccccc1OCCn1c(CCCNC(=O)c2cccs2)nc2ccccc21. The van der Waals surface area contributed by atoms with Gasteiger partial charge in [-0.1, -0.05) is 50.2 Å². The van der Waals surface area contributed by atoms with Crippen LogP contribution in [-0.4, -0.2) is 28.6 Å². The lowest BCUT2D eigenvalue weighted by Crippen LogP contribution is -2.24. The van der Waals surface area contributed by atoms with Crippen molar-refractivity contribution in [1.29, 1.82) is 0 Å². The molecule has 4 rings (SSSR count). The lowest BCUT2D eigenvalue weighted by atomic mass is 10.0. The molecule has 166 valence electrons. The molecule has 0 fully saturated rings. The van der Waals surface area contributed by atoms with Gasteiger partial charge in [0.15, 0.2) is 0 Å². The van der Waals surface area contributed by atoms with Crippen LogP contribution < -0.4 is 10.1 Å². The fourth-order valence-electron chi connectivity index (χ4n) is 3.84. The summed E-state index contributed by atoms with van der Waals surface area (Å²) in [5.41, 5.74) is 3.34. The van der Waals surface area contributed by atoms with Crippen LogP contribution in [0.15, 0.2) is 66.0 Å². The molecule has 0 aliphatic rings. The molecule has 2 aromatic heterocycles. The van der Waals surface area contributed by atoms with Gasteiger partial charge >= 0.3 is 0 Å². The first kappa shape index (κ1) is 22.1. The van der Waals surface area contributed by atoms with Gasteiger partial charge < -0.3 is 14.6 Å². The number of imidazole rings is 1. The molecule has 1 amide bonds. The number of aromatic nitrogens is 2. The minimum atomic E-state index is -0.00859. The number of rotatable bonds is 10. The van der Waals surface area contributed by atoms with Crippen molar-refractivity contribution in [2.24, 2.45) is 0 Å². The molecule has 2 heterocycles. The molecule has 0 bridgehead atoms. The van der Waals surface area contributed by atoms with E-state index in [4.69, 9.17) is 9.72 Å². The van der Waals surface area contributed by atoms with Crippen LogP contribution in [-0.2, 0) is 13.0 Å². The number of fused-ring (bicyclic) bond motifs is 1. The van der Waals surface area contributed by atoms with E-state index < -0.39 is 0 Å². The summed E-state index contributed by atoms with van der Waals surface area (Å²) in [6.07, 6.45) is 1.62. The van der Waals surface area contributed by atoms with Crippen LogP contribution in [0, 0.1) is 0 Å². The summed E-state index contributed by atoms with van der Waals surface area (Å²) < 4.78 is 8.41. The van der Waals surface area contributed by atoms with E-state index in [1.165, 1.54) is 16.9 Å². The quantitative estimate of drug-likeness (QED) is 0.319. The molecule has 4 aromatic rings. The third-order valence-electron chi connectivity index (χ3n) is 5.45. The Bertz CT molecular complexity index is 1170. The Labute approximate surface area is 193 Å². The minimum absolute atomic E-state index is 0.00859. The van der Waals surface area contributed by atoms with E-state index in [0.29, 0.717) is 19.1 Å². The molecule has 1 N–H and O–H groups in total. The average Bonchev–Trinajstić information content (AvgIpc) is 3.45. The van der Waals surface area contributed by atoms with Gasteiger partial charge in [-0.05, 0) is 47.5 Å². The van der Waals surface area contributed by atoms with Gasteiger partial charge in [-0.3, -0.25) is 4.79 Å². The number of carbonyl (C=O) groups is 1. The highest BCUT2D eigenvalue weighted by Crippen LogP contribution is 2.26. The number of amides is 1. The van der Waals surface area contributed by atoms with E-state index in [-0.39, 0.29) is 5.91 Å². The Morgan fingerprint density at radius 1 is 1.09 bits per heavy atom. The number of hydrogen-bond acceptors (Lipinski definition) is 4. The largest absolute Gasteiger partial charge is 0.491 e. The molecule has 0 atom stereocenters. The normalized spacial score (nSPS) is 11.2. The lowest BCUT2D eigenvalue weighted by Gasteiger charge is -2.15. The Kier molecular flexibility index (Phi) is 7.22. The number of benzene rings is 2. The van der Waals surface area contributed by atoms with E-state index in [1.807, 2.05) is 47.8 Å². The zero-order valence-electron chi connectivity index (χ0n) is 18.6. The Morgan fingerprint density at radius 2 is 1.91 bits per heavy atom. The molecule has 0 saturated carbocycles. The maximum absolute atomic E-state index is 12.1. The van der Waals surface area contributed by atoms with Gasteiger partial charge in [0.25, 0.3) is 5.91 Å². The van der Waals surface area contributed by atoms with Gasteiger partial charge in [0.2, 0.25) is 0 Å². The first-order chi connectivity index (χ1) is 15.6. The summed E-state index contributed by atoms with van der Waals surface area (Å²) >= 11 is 1.46. The molecule has 0 radical (unpaired) electrons. The minimum Gasteiger partial charge on any atom is -0.491 e.